The summed E-state index contributed by atoms with van der Waals surface area (Å²) in [5.74, 6) is 1.03. The molecule has 0 radical (unpaired) electrons. The summed E-state index contributed by atoms with van der Waals surface area (Å²) in [5.41, 5.74) is 0.887. The second kappa shape index (κ2) is 5.59. The van der Waals surface area contributed by atoms with Crippen LogP contribution in [-0.4, -0.2) is 25.9 Å². The van der Waals surface area contributed by atoms with Crippen LogP contribution in [0.25, 0.3) is 21.9 Å². The van der Waals surface area contributed by atoms with Crippen molar-refractivity contribution in [1.29, 1.82) is 0 Å². The first-order valence-electron chi connectivity index (χ1n) is 7.63. The standard InChI is InChI=1S/C18H16O5/c1-2-20-18-15(22-10-11-9-21-11)8-7-13-16(19)12-5-3-4-6-14(12)23-17(13)18/h3-8,11H,2,9-10H2,1H3. The molecule has 1 aliphatic heterocycles. The van der Waals surface area contributed by atoms with Crippen LogP contribution < -0.4 is 14.9 Å². The van der Waals surface area contributed by atoms with E-state index in [9.17, 15) is 4.79 Å². The summed E-state index contributed by atoms with van der Waals surface area (Å²) in [5, 5.41) is 1.05. The molecule has 0 N–H and O–H groups in total. The molecule has 0 amide bonds. The van der Waals surface area contributed by atoms with Crippen LogP contribution in [-0.2, 0) is 4.74 Å². The monoisotopic (exact) mass is 312 g/mol. The van der Waals surface area contributed by atoms with Gasteiger partial charge < -0.3 is 18.6 Å². The highest BCUT2D eigenvalue weighted by Gasteiger charge is 2.24. The summed E-state index contributed by atoms with van der Waals surface area (Å²) in [6, 6.07) is 10.7. The van der Waals surface area contributed by atoms with Crippen molar-refractivity contribution in [3.63, 3.8) is 0 Å². The van der Waals surface area contributed by atoms with Crippen LogP contribution >= 0.6 is 0 Å². The molecule has 4 rings (SSSR count). The Morgan fingerprint density at radius 2 is 1.96 bits per heavy atom. The number of rotatable bonds is 5. The number of fused-ring (bicyclic) bond motifs is 2. The van der Waals surface area contributed by atoms with Gasteiger partial charge in [-0.05, 0) is 31.2 Å². The minimum absolute atomic E-state index is 0.0696. The van der Waals surface area contributed by atoms with Gasteiger partial charge in [0.15, 0.2) is 11.3 Å². The van der Waals surface area contributed by atoms with E-state index in [1.165, 1.54) is 0 Å². The number of hydrogen-bond donors (Lipinski definition) is 0. The third-order valence-electron chi connectivity index (χ3n) is 3.78. The number of ether oxygens (including phenoxy) is 3. The van der Waals surface area contributed by atoms with Crippen molar-refractivity contribution in [1.82, 2.24) is 0 Å². The molecular formula is C18H16O5. The van der Waals surface area contributed by atoms with Gasteiger partial charge in [-0.2, -0.15) is 0 Å². The predicted molar refractivity (Wildman–Crippen MR) is 86.4 cm³/mol. The highest BCUT2D eigenvalue weighted by molar-refractivity contribution is 5.93. The maximum atomic E-state index is 12.7. The maximum absolute atomic E-state index is 12.7. The van der Waals surface area contributed by atoms with Crippen LogP contribution in [0.5, 0.6) is 11.5 Å². The zero-order chi connectivity index (χ0) is 15.8. The summed E-state index contributed by atoms with van der Waals surface area (Å²) < 4.78 is 22.6. The summed E-state index contributed by atoms with van der Waals surface area (Å²) in [7, 11) is 0. The lowest BCUT2D eigenvalue weighted by atomic mass is 10.1. The zero-order valence-corrected chi connectivity index (χ0v) is 12.7. The van der Waals surface area contributed by atoms with Crippen molar-refractivity contribution in [2.75, 3.05) is 19.8 Å². The van der Waals surface area contributed by atoms with Crippen molar-refractivity contribution in [2.24, 2.45) is 0 Å². The van der Waals surface area contributed by atoms with Gasteiger partial charge >= 0.3 is 0 Å². The number of benzene rings is 2. The molecule has 5 heteroatoms. The first-order chi connectivity index (χ1) is 11.3. The molecule has 1 unspecified atom stereocenters. The highest BCUT2D eigenvalue weighted by Crippen LogP contribution is 2.36. The van der Waals surface area contributed by atoms with E-state index in [1.54, 1.807) is 24.3 Å². The maximum Gasteiger partial charge on any atom is 0.205 e. The Hall–Kier alpha value is -2.53. The fourth-order valence-electron chi connectivity index (χ4n) is 2.56. The molecule has 0 saturated carbocycles. The summed E-state index contributed by atoms with van der Waals surface area (Å²) in [6.07, 6.45) is 0.142. The van der Waals surface area contributed by atoms with Gasteiger partial charge in [0.2, 0.25) is 11.2 Å². The Kier molecular flexibility index (Phi) is 3.42. The van der Waals surface area contributed by atoms with Gasteiger partial charge in [0.25, 0.3) is 0 Å². The second-order valence-corrected chi connectivity index (χ2v) is 5.40. The molecule has 0 spiro atoms. The van der Waals surface area contributed by atoms with Gasteiger partial charge in [-0.1, -0.05) is 12.1 Å². The van der Waals surface area contributed by atoms with Gasteiger partial charge in [-0.3, -0.25) is 4.79 Å². The van der Waals surface area contributed by atoms with E-state index < -0.39 is 0 Å². The van der Waals surface area contributed by atoms with E-state index in [0.29, 0.717) is 46.7 Å². The Morgan fingerprint density at radius 3 is 2.74 bits per heavy atom. The molecule has 2 aromatic carbocycles. The lowest BCUT2D eigenvalue weighted by molar-refractivity contribution is 0.245. The molecule has 1 saturated heterocycles. The number of hydrogen-bond acceptors (Lipinski definition) is 5. The van der Waals surface area contributed by atoms with Crippen LogP contribution in [0.1, 0.15) is 6.92 Å². The van der Waals surface area contributed by atoms with Crippen LogP contribution in [0.3, 0.4) is 0 Å². The van der Waals surface area contributed by atoms with Gasteiger partial charge in [0.1, 0.15) is 18.3 Å². The Morgan fingerprint density at radius 1 is 1.13 bits per heavy atom. The number of para-hydroxylation sites is 1. The molecule has 5 nitrogen and oxygen atoms in total. The third kappa shape index (κ3) is 2.53. The van der Waals surface area contributed by atoms with E-state index in [0.717, 1.165) is 6.61 Å². The van der Waals surface area contributed by atoms with E-state index >= 15 is 0 Å². The first kappa shape index (κ1) is 14.1. The van der Waals surface area contributed by atoms with Crippen LogP contribution in [0.2, 0.25) is 0 Å². The Balaban J connectivity index is 1.92. The van der Waals surface area contributed by atoms with Crippen molar-refractivity contribution in [2.45, 2.75) is 13.0 Å². The SMILES string of the molecule is CCOc1c(OCC2CO2)ccc2c(=O)c3ccccc3oc12. The minimum atomic E-state index is -0.0696. The minimum Gasteiger partial charge on any atom is -0.487 e. The number of epoxide rings is 1. The molecule has 3 aromatic rings. The molecule has 1 fully saturated rings. The summed E-state index contributed by atoms with van der Waals surface area (Å²) in [6.45, 7) is 3.51. The molecule has 118 valence electrons. The second-order valence-electron chi connectivity index (χ2n) is 5.40. The summed E-state index contributed by atoms with van der Waals surface area (Å²) in [4.78, 5) is 12.7. The van der Waals surface area contributed by atoms with Crippen LogP contribution in [0.4, 0.5) is 0 Å². The van der Waals surface area contributed by atoms with E-state index in [-0.39, 0.29) is 11.5 Å². The van der Waals surface area contributed by atoms with Crippen LogP contribution in [0, 0.1) is 0 Å². The average Bonchev–Trinajstić information content (AvgIpc) is 3.39. The smallest absolute Gasteiger partial charge is 0.205 e. The molecular weight excluding hydrogens is 296 g/mol. The van der Waals surface area contributed by atoms with E-state index in [2.05, 4.69) is 0 Å². The quantitative estimate of drug-likeness (QED) is 0.535. The third-order valence-corrected chi connectivity index (χ3v) is 3.78. The fraction of sp³-hybridized carbons (Fsp3) is 0.278. The van der Waals surface area contributed by atoms with Gasteiger partial charge in [-0.25, -0.2) is 0 Å². The Bertz CT molecular complexity index is 924. The van der Waals surface area contributed by atoms with Gasteiger partial charge in [-0.15, -0.1) is 0 Å². The van der Waals surface area contributed by atoms with Crippen molar-refractivity contribution >= 4 is 21.9 Å². The highest BCUT2D eigenvalue weighted by atomic mass is 16.6. The van der Waals surface area contributed by atoms with Crippen molar-refractivity contribution < 1.29 is 18.6 Å². The molecule has 0 bridgehead atoms. The lowest BCUT2D eigenvalue weighted by Gasteiger charge is -2.13. The lowest BCUT2D eigenvalue weighted by Crippen LogP contribution is -2.08. The molecule has 2 heterocycles. The molecule has 1 aromatic heterocycles. The molecule has 0 aliphatic carbocycles. The Labute approximate surface area is 132 Å². The first-order valence-corrected chi connectivity index (χ1v) is 7.63. The van der Waals surface area contributed by atoms with Crippen molar-refractivity contribution in [3.05, 3.63) is 46.6 Å². The molecule has 1 aliphatic rings. The molecule has 23 heavy (non-hydrogen) atoms. The summed E-state index contributed by atoms with van der Waals surface area (Å²) >= 11 is 0. The topological polar surface area (TPSA) is 61.2 Å². The van der Waals surface area contributed by atoms with Gasteiger partial charge in [0, 0.05) is 0 Å². The largest absolute Gasteiger partial charge is 0.487 e. The molecule has 1 atom stereocenters. The fourth-order valence-corrected chi connectivity index (χ4v) is 2.56. The van der Waals surface area contributed by atoms with Crippen molar-refractivity contribution in [3.8, 4) is 11.5 Å². The van der Waals surface area contributed by atoms with Gasteiger partial charge in [0.05, 0.1) is 24.0 Å². The average molecular weight is 312 g/mol. The normalized spacial score (nSPS) is 16.7. The zero-order valence-electron chi connectivity index (χ0n) is 12.7. The van der Waals surface area contributed by atoms with Crippen LogP contribution in [0.15, 0.2) is 45.6 Å². The predicted octanol–water partition coefficient (Wildman–Crippen LogP) is 3.12. The van der Waals surface area contributed by atoms with E-state index in [4.69, 9.17) is 18.6 Å². The van der Waals surface area contributed by atoms with E-state index in [1.807, 2.05) is 19.1 Å².